The molecule has 1 aliphatic carbocycles. The fourth-order valence-corrected chi connectivity index (χ4v) is 4.31. The van der Waals surface area contributed by atoms with Crippen molar-refractivity contribution in [3.05, 3.63) is 95.3 Å². The van der Waals surface area contributed by atoms with Crippen molar-refractivity contribution in [1.29, 1.82) is 0 Å². The van der Waals surface area contributed by atoms with Gasteiger partial charge >= 0.3 is 0 Å². The molecular formula is C26H26F2N4O2. The number of aromatic nitrogens is 1. The monoisotopic (exact) mass is 464 g/mol. The first-order chi connectivity index (χ1) is 16.4. The number of halogens is 2. The Morgan fingerprint density at radius 1 is 0.941 bits per heavy atom. The number of anilines is 1. The van der Waals surface area contributed by atoms with Crippen LogP contribution in [0.2, 0.25) is 0 Å². The second kappa shape index (κ2) is 10.5. The van der Waals surface area contributed by atoms with E-state index in [2.05, 4.69) is 10.3 Å². The van der Waals surface area contributed by atoms with Crippen molar-refractivity contribution in [2.45, 2.75) is 44.3 Å². The minimum Gasteiger partial charge on any atom is -0.330 e. The van der Waals surface area contributed by atoms with Crippen LogP contribution in [0.5, 0.6) is 0 Å². The maximum Gasteiger partial charge on any atom is 0.255 e. The van der Waals surface area contributed by atoms with Crippen LogP contribution in [0.15, 0.2) is 67.0 Å². The minimum absolute atomic E-state index is 0.0449. The first-order valence-corrected chi connectivity index (χ1v) is 11.2. The maximum atomic E-state index is 13.8. The van der Waals surface area contributed by atoms with Crippen LogP contribution in [0.1, 0.15) is 52.0 Å². The van der Waals surface area contributed by atoms with E-state index in [1.807, 2.05) is 12.1 Å². The van der Waals surface area contributed by atoms with Gasteiger partial charge in [-0.2, -0.15) is 0 Å². The number of carbonyl (C=O) groups is 2. The molecule has 0 saturated heterocycles. The Morgan fingerprint density at radius 3 is 2.24 bits per heavy atom. The average Bonchev–Trinajstić information content (AvgIpc) is 2.83. The van der Waals surface area contributed by atoms with E-state index in [9.17, 15) is 18.4 Å². The number of benzene rings is 2. The molecule has 0 bridgehead atoms. The average molecular weight is 465 g/mol. The van der Waals surface area contributed by atoms with Crippen LogP contribution in [0.4, 0.5) is 14.5 Å². The molecule has 8 heteroatoms. The summed E-state index contributed by atoms with van der Waals surface area (Å²) in [6.45, 7) is 0.230. The van der Waals surface area contributed by atoms with Gasteiger partial charge in [-0.25, -0.2) is 8.78 Å². The lowest BCUT2D eigenvalue weighted by molar-refractivity contribution is 0.0582. The van der Waals surface area contributed by atoms with Crippen LogP contribution in [0.3, 0.4) is 0 Å². The number of nitrogens with one attached hydrogen (secondary N) is 1. The standard InChI is InChI=1S/C26H26F2N4O2/c27-20-13-19(14-21(28)15-20)26(34)32(24-4-2-1-3-23(24)29)16-17-5-7-22(8-6-17)31-25(33)18-9-11-30-12-10-18/h5-15,23-24H,1-4,16,29H2,(H,31,33). The van der Waals surface area contributed by atoms with Crippen molar-refractivity contribution in [3.8, 4) is 0 Å². The van der Waals surface area contributed by atoms with E-state index in [0.29, 0.717) is 11.3 Å². The first kappa shape index (κ1) is 23.5. The zero-order valence-corrected chi connectivity index (χ0v) is 18.6. The van der Waals surface area contributed by atoms with E-state index >= 15 is 0 Å². The number of pyridine rings is 1. The molecule has 1 fully saturated rings. The van der Waals surface area contributed by atoms with Crippen LogP contribution in [0.25, 0.3) is 0 Å². The highest BCUT2D eigenvalue weighted by Gasteiger charge is 2.32. The molecule has 0 radical (unpaired) electrons. The number of rotatable bonds is 6. The first-order valence-electron chi connectivity index (χ1n) is 11.2. The summed E-state index contributed by atoms with van der Waals surface area (Å²) in [5.41, 5.74) is 8.21. The molecule has 4 rings (SSSR count). The van der Waals surface area contributed by atoms with Gasteiger partial charge in [0, 0.05) is 53.9 Å². The molecule has 1 saturated carbocycles. The van der Waals surface area contributed by atoms with Crippen LogP contribution >= 0.6 is 0 Å². The lowest BCUT2D eigenvalue weighted by atomic mass is 9.89. The molecule has 1 aliphatic rings. The third-order valence-electron chi connectivity index (χ3n) is 6.06. The van der Waals surface area contributed by atoms with Gasteiger partial charge < -0.3 is 16.0 Å². The lowest BCUT2D eigenvalue weighted by Crippen LogP contribution is -2.51. The Kier molecular flexibility index (Phi) is 7.27. The molecule has 34 heavy (non-hydrogen) atoms. The molecule has 2 atom stereocenters. The summed E-state index contributed by atoms with van der Waals surface area (Å²) < 4.78 is 27.6. The number of nitrogens with two attached hydrogens (primary N) is 1. The molecule has 1 heterocycles. The van der Waals surface area contributed by atoms with Crippen molar-refractivity contribution in [2.75, 3.05) is 5.32 Å². The largest absolute Gasteiger partial charge is 0.330 e. The zero-order valence-electron chi connectivity index (χ0n) is 18.6. The molecule has 176 valence electrons. The maximum absolute atomic E-state index is 13.8. The van der Waals surface area contributed by atoms with Crippen molar-refractivity contribution < 1.29 is 18.4 Å². The summed E-state index contributed by atoms with van der Waals surface area (Å²) in [5.74, 6) is -2.32. The van der Waals surface area contributed by atoms with Crippen molar-refractivity contribution in [1.82, 2.24) is 9.88 Å². The molecule has 2 aromatic carbocycles. The van der Waals surface area contributed by atoms with Crippen LogP contribution in [-0.2, 0) is 6.54 Å². The van der Waals surface area contributed by atoms with E-state index in [4.69, 9.17) is 5.73 Å². The van der Waals surface area contributed by atoms with Gasteiger partial charge in [0.25, 0.3) is 11.8 Å². The second-order valence-electron chi connectivity index (χ2n) is 8.49. The lowest BCUT2D eigenvalue weighted by Gasteiger charge is -2.38. The van der Waals surface area contributed by atoms with Gasteiger partial charge in [-0.1, -0.05) is 25.0 Å². The summed E-state index contributed by atoms with van der Waals surface area (Å²) in [7, 11) is 0. The predicted molar refractivity (Wildman–Crippen MR) is 125 cm³/mol. The normalized spacial score (nSPS) is 17.7. The van der Waals surface area contributed by atoms with E-state index in [-0.39, 0.29) is 30.1 Å². The molecule has 3 N–H and O–H groups in total. The topological polar surface area (TPSA) is 88.3 Å². The predicted octanol–water partition coefficient (Wildman–Crippen LogP) is 4.52. The molecule has 2 amide bonds. The fraction of sp³-hybridized carbons (Fsp3) is 0.269. The SMILES string of the molecule is NC1CCCCC1N(Cc1ccc(NC(=O)c2ccncc2)cc1)C(=O)c1cc(F)cc(F)c1. The Balaban J connectivity index is 1.54. The summed E-state index contributed by atoms with van der Waals surface area (Å²) in [6, 6.07) is 12.7. The van der Waals surface area contributed by atoms with Crippen LogP contribution in [0, 0.1) is 11.6 Å². The highest BCUT2D eigenvalue weighted by atomic mass is 19.1. The number of hydrogen-bond acceptors (Lipinski definition) is 4. The Bertz CT molecular complexity index is 1130. The molecule has 6 nitrogen and oxygen atoms in total. The number of hydrogen-bond donors (Lipinski definition) is 2. The molecular weight excluding hydrogens is 438 g/mol. The summed E-state index contributed by atoms with van der Waals surface area (Å²) in [6.07, 6.45) is 6.52. The van der Waals surface area contributed by atoms with Crippen LogP contribution < -0.4 is 11.1 Å². The second-order valence-corrected chi connectivity index (χ2v) is 8.49. The minimum atomic E-state index is -0.800. The number of carbonyl (C=O) groups excluding carboxylic acids is 2. The van der Waals surface area contributed by atoms with Gasteiger partial charge in [0.15, 0.2) is 0 Å². The van der Waals surface area contributed by atoms with Crippen molar-refractivity contribution in [3.63, 3.8) is 0 Å². The third-order valence-corrected chi connectivity index (χ3v) is 6.06. The number of nitrogens with zero attached hydrogens (tertiary/aromatic N) is 2. The Labute approximate surface area is 196 Å². The summed E-state index contributed by atoms with van der Waals surface area (Å²) in [5, 5.41) is 2.82. The molecule has 0 spiro atoms. The number of amides is 2. The highest BCUT2D eigenvalue weighted by Crippen LogP contribution is 2.26. The quantitative estimate of drug-likeness (QED) is 0.561. The van der Waals surface area contributed by atoms with Crippen molar-refractivity contribution in [2.24, 2.45) is 5.73 Å². The Morgan fingerprint density at radius 2 is 1.59 bits per heavy atom. The van der Waals surface area contributed by atoms with E-state index in [1.54, 1.807) is 41.6 Å². The van der Waals surface area contributed by atoms with E-state index in [0.717, 1.165) is 49.4 Å². The smallest absolute Gasteiger partial charge is 0.255 e. The van der Waals surface area contributed by atoms with Crippen molar-refractivity contribution >= 4 is 17.5 Å². The molecule has 3 aromatic rings. The zero-order chi connectivity index (χ0) is 24.1. The molecule has 2 unspecified atom stereocenters. The Hall–Kier alpha value is -3.65. The highest BCUT2D eigenvalue weighted by molar-refractivity contribution is 6.04. The van der Waals surface area contributed by atoms with Gasteiger partial charge in [-0.15, -0.1) is 0 Å². The van der Waals surface area contributed by atoms with Crippen LogP contribution in [-0.4, -0.2) is 33.8 Å². The van der Waals surface area contributed by atoms with Gasteiger partial charge in [-0.05, 0) is 54.8 Å². The van der Waals surface area contributed by atoms with Gasteiger partial charge in [-0.3, -0.25) is 14.6 Å². The van der Waals surface area contributed by atoms with Gasteiger partial charge in [0.1, 0.15) is 11.6 Å². The summed E-state index contributed by atoms with van der Waals surface area (Å²) >= 11 is 0. The third kappa shape index (κ3) is 5.63. The summed E-state index contributed by atoms with van der Waals surface area (Å²) in [4.78, 5) is 31.2. The molecule has 1 aromatic heterocycles. The fourth-order valence-electron chi connectivity index (χ4n) is 4.31. The van der Waals surface area contributed by atoms with Gasteiger partial charge in [0.05, 0.1) is 0 Å². The van der Waals surface area contributed by atoms with E-state index < -0.39 is 17.5 Å². The van der Waals surface area contributed by atoms with Gasteiger partial charge in [0.2, 0.25) is 0 Å². The molecule has 0 aliphatic heterocycles. The van der Waals surface area contributed by atoms with E-state index in [1.165, 1.54) is 0 Å².